The van der Waals surface area contributed by atoms with E-state index in [-0.39, 0.29) is 24.6 Å². The van der Waals surface area contributed by atoms with Gasteiger partial charge in [-0.1, -0.05) is 6.92 Å². The van der Waals surface area contributed by atoms with Crippen molar-refractivity contribution in [3.63, 3.8) is 0 Å². The molecule has 4 unspecified atom stereocenters. The molecule has 0 aromatic rings. The van der Waals surface area contributed by atoms with Gasteiger partial charge in [-0.25, -0.2) is 9.59 Å². The molecule has 164 valence electrons. The molecule has 4 atom stereocenters. The van der Waals surface area contributed by atoms with Gasteiger partial charge in [-0.15, -0.1) is 0 Å². The molecule has 4 N–H and O–H groups in total. The fourth-order valence-corrected chi connectivity index (χ4v) is 2.71. The zero-order valence-electron chi connectivity index (χ0n) is 18.1. The third kappa shape index (κ3) is 8.20. The summed E-state index contributed by atoms with van der Waals surface area (Å²) in [6.45, 7) is 14.4. The number of amides is 2. The number of carbonyl (C=O) groups excluding carboxylic acids is 2. The van der Waals surface area contributed by atoms with Crippen molar-refractivity contribution in [3.05, 3.63) is 0 Å². The van der Waals surface area contributed by atoms with Gasteiger partial charge in [0.15, 0.2) is 0 Å². The highest BCUT2D eigenvalue weighted by Gasteiger charge is 2.34. The minimum absolute atomic E-state index is 0.141. The average Bonchev–Trinajstić information content (AvgIpc) is 3.00. The molecule has 0 aromatic carbocycles. The highest BCUT2D eigenvalue weighted by Crippen LogP contribution is 2.19. The number of aliphatic hydroxyl groups excluding tert-OH is 2. The minimum Gasteiger partial charge on any atom is -0.444 e. The van der Waals surface area contributed by atoms with Crippen LogP contribution in [0.1, 0.15) is 48.5 Å². The number of nitrogens with zero attached hydrogens (tertiary/aromatic N) is 2. The highest BCUT2D eigenvalue weighted by atomic mass is 16.6. The van der Waals surface area contributed by atoms with Gasteiger partial charge >= 0.3 is 12.2 Å². The van der Waals surface area contributed by atoms with Crippen molar-refractivity contribution >= 4 is 12.2 Å². The van der Waals surface area contributed by atoms with Crippen molar-refractivity contribution in [2.75, 3.05) is 26.2 Å². The molecule has 2 aliphatic heterocycles. The summed E-state index contributed by atoms with van der Waals surface area (Å²) in [4.78, 5) is 26.0. The van der Waals surface area contributed by atoms with Crippen molar-refractivity contribution in [2.24, 2.45) is 11.7 Å². The lowest BCUT2D eigenvalue weighted by molar-refractivity contribution is 0.0261. The maximum Gasteiger partial charge on any atom is 0.410 e. The van der Waals surface area contributed by atoms with Crippen LogP contribution in [0.3, 0.4) is 0 Å². The van der Waals surface area contributed by atoms with Gasteiger partial charge in [0.25, 0.3) is 0 Å². The van der Waals surface area contributed by atoms with Gasteiger partial charge in [-0.2, -0.15) is 0 Å². The zero-order valence-corrected chi connectivity index (χ0v) is 18.1. The number of ether oxygens (including phenoxy) is 2. The Morgan fingerprint density at radius 1 is 0.821 bits per heavy atom. The number of nitrogens with two attached hydrogens (primary N) is 1. The van der Waals surface area contributed by atoms with Crippen LogP contribution in [0, 0.1) is 5.92 Å². The normalized spacial score (nSPS) is 27.9. The van der Waals surface area contributed by atoms with Crippen LogP contribution in [0.4, 0.5) is 9.59 Å². The minimum atomic E-state index is -0.637. The predicted octanol–water partition coefficient (Wildman–Crippen LogP) is 1.16. The molecule has 9 heteroatoms. The smallest absolute Gasteiger partial charge is 0.410 e. The van der Waals surface area contributed by atoms with Crippen LogP contribution in [0.2, 0.25) is 0 Å². The molecule has 0 bridgehead atoms. The number of aliphatic hydroxyl groups is 2. The number of β-amino-alcohol motifs (C(OH)–C–C–N with tert-alkyl or cyclic N) is 2. The van der Waals surface area contributed by atoms with Crippen LogP contribution in [0.15, 0.2) is 0 Å². The van der Waals surface area contributed by atoms with Crippen LogP contribution < -0.4 is 5.73 Å². The molecule has 0 saturated carbocycles. The van der Waals surface area contributed by atoms with Gasteiger partial charge in [0.05, 0.1) is 31.3 Å². The Hall–Kier alpha value is -1.58. The monoisotopic (exact) mass is 403 g/mol. The van der Waals surface area contributed by atoms with Crippen molar-refractivity contribution in [1.82, 2.24) is 9.80 Å². The SMILES string of the molecule is CC(C)(C)OC(=O)N1CC(N)C(O)C1.CC1CN(C(=O)OC(C)(C)C)CC1O. The molecule has 0 aromatic heterocycles. The van der Waals surface area contributed by atoms with Gasteiger partial charge in [-0.05, 0) is 41.5 Å². The number of hydrogen-bond acceptors (Lipinski definition) is 7. The summed E-state index contributed by atoms with van der Waals surface area (Å²) < 4.78 is 10.3. The number of hydrogen-bond donors (Lipinski definition) is 3. The van der Waals surface area contributed by atoms with E-state index in [1.807, 2.05) is 27.7 Å². The third-order valence-electron chi connectivity index (χ3n) is 4.21. The zero-order chi connectivity index (χ0) is 21.9. The van der Waals surface area contributed by atoms with E-state index in [9.17, 15) is 19.8 Å². The maximum absolute atomic E-state index is 11.5. The summed E-state index contributed by atoms with van der Waals surface area (Å²) in [6.07, 6.45) is -1.80. The van der Waals surface area contributed by atoms with E-state index in [1.165, 1.54) is 4.90 Å². The van der Waals surface area contributed by atoms with Crippen molar-refractivity contribution in [2.45, 2.75) is 77.9 Å². The number of likely N-dealkylation sites (tertiary alicyclic amines) is 2. The van der Waals surface area contributed by atoms with Crippen molar-refractivity contribution < 1.29 is 29.3 Å². The molecule has 2 heterocycles. The summed E-state index contributed by atoms with van der Waals surface area (Å²) in [6, 6.07) is -0.359. The lowest BCUT2D eigenvalue weighted by atomic mass is 10.1. The first-order valence-corrected chi connectivity index (χ1v) is 9.66. The summed E-state index contributed by atoms with van der Waals surface area (Å²) in [7, 11) is 0. The Labute approximate surface area is 167 Å². The van der Waals surface area contributed by atoms with Gasteiger partial charge < -0.3 is 35.2 Å². The van der Waals surface area contributed by atoms with E-state index in [0.717, 1.165) is 0 Å². The second-order valence-corrected chi connectivity index (χ2v) is 9.55. The topological polar surface area (TPSA) is 126 Å². The van der Waals surface area contributed by atoms with Crippen LogP contribution in [0.25, 0.3) is 0 Å². The first-order valence-electron chi connectivity index (χ1n) is 9.66. The largest absolute Gasteiger partial charge is 0.444 e. The number of carbonyl (C=O) groups is 2. The van der Waals surface area contributed by atoms with Gasteiger partial charge in [-0.3, -0.25) is 0 Å². The molecule has 2 rings (SSSR count). The Kier molecular flexibility index (Phi) is 8.10. The molecule has 2 saturated heterocycles. The second-order valence-electron chi connectivity index (χ2n) is 9.55. The lowest BCUT2D eigenvalue weighted by Gasteiger charge is -2.24. The molecular formula is C19H37N3O6. The molecule has 2 aliphatic rings. The van der Waals surface area contributed by atoms with Gasteiger partial charge in [0.2, 0.25) is 0 Å². The lowest BCUT2D eigenvalue weighted by Crippen LogP contribution is -2.36. The molecule has 2 fully saturated rings. The third-order valence-corrected chi connectivity index (χ3v) is 4.21. The molecule has 0 radical (unpaired) electrons. The molecule has 9 nitrogen and oxygen atoms in total. The summed E-state index contributed by atoms with van der Waals surface area (Å²) in [5, 5.41) is 18.8. The quantitative estimate of drug-likeness (QED) is 0.554. The first kappa shape index (κ1) is 24.5. The van der Waals surface area contributed by atoms with Crippen LogP contribution in [0.5, 0.6) is 0 Å². The standard InChI is InChI=1S/C10H19NO3.C9H18N2O3/c1-7-5-11(6-8(7)12)9(13)14-10(2,3)4;1-9(2,3)14-8(13)11-4-6(10)7(12)5-11/h7-8,12H,5-6H2,1-4H3;6-7,12H,4-5,10H2,1-3H3. The van der Waals surface area contributed by atoms with E-state index >= 15 is 0 Å². The molecule has 0 aliphatic carbocycles. The fraction of sp³-hybridized carbons (Fsp3) is 0.895. The molecule has 2 amide bonds. The van der Waals surface area contributed by atoms with E-state index in [4.69, 9.17) is 15.2 Å². The van der Waals surface area contributed by atoms with Gasteiger partial charge in [0.1, 0.15) is 11.2 Å². The summed E-state index contributed by atoms with van der Waals surface area (Å²) in [5.74, 6) is 0.141. The molecule has 28 heavy (non-hydrogen) atoms. The molecular weight excluding hydrogens is 366 g/mol. The van der Waals surface area contributed by atoms with Gasteiger partial charge in [0, 0.05) is 19.0 Å². The summed E-state index contributed by atoms with van der Waals surface area (Å²) in [5.41, 5.74) is 4.60. The Morgan fingerprint density at radius 3 is 1.50 bits per heavy atom. The first-order chi connectivity index (χ1) is 12.6. The van der Waals surface area contributed by atoms with Crippen LogP contribution in [-0.2, 0) is 9.47 Å². The summed E-state index contributed by atoms with van der Waals surface area (Å²) >= 11 is 0. The van der Waals surface area contributed by atoms with Crippen molar-refractivity contribution in [1.29, 1.82) is 0 Å². The van der Waals surface area contributed by atoms with Crippen LogP contribution >= 0.6 is 0 Å². The Balaban J connectivity index is 0.000000280. The second kappa shape index (κ2) is 9.28. The van der Waals surface area contributed by atoms with E-state index in [2.05, 4.69) is 0 Å². The Bertz CT molecular complexity index is 475. The van der Waals surface area contributed by atoms with E-state index < -0.39 is 29.5 Å². The highest BCUT2D eigenvalue weighted by molar-refractivity contribution is 5.69. The number of rotatable bonds is 0. The Morgan fingerprint density at radius 2 is 1.21 bits per heavy atom. The van der Waals surface area contributed by atoms with Crippen molar-refractivity contribution in [3.8, 4) is 0 Å². The predicted molar refractivity (Wildman–Crippen MR) is 105 cm³/mol. The fourth-order valence-electron chi connectivity index (χ4n) is 2.71. The van der Waals surface area contributed by atoms with E-state index in [1.54, 1.807) is 25.7 Å². The molecule has 0 spiro atoms. The maximum atomic E-state index is 11.5. The van der Waals surface area contributed by atoms with Crippen LogP contribution in [-0.4, -0.2) is 87.8 Å². The van der Waals surface area contributed by atoms with E-state index in [0.29, 0.717) is 19.6 Å². The average molecular weight is 404 g/mol.